The van der Waals surface area contributed by atoms with Crippen molar-refractivity contribution in [1.82, 2.24) is 9.88 Å². The molecule has 2 atom stereocenters. The Bertz CT molecular complexity index is 764. The van der Waals surface area contributed by atoms with Gasteiger partial charge in [0.05, 0.1) is 18.1 Å². The Morgan fingerprint density at radius 2 is 2.00 bits per heavy atom. The maximum Gasteiger partial charge on any atom is 0.255 e. The third-order valence-corrected chi connectivity index (χ3v) is 4.57. The molecule has 1 saturated heterocycles. The van der Waals surface area contributed by atoms with Crippen LogP contribution in [0.25, 0.3) is 0 Å². The summed E-state index contributed by atoms with van der Waals surface area (Å²) in [6, 6.07) is 11.2. The molecule has 3 rings (SSSR count). The molecule has 25 heavy (non-hydrogen) atoms. The van der Waals surface area contributed by atoms with E-state index in [-0.39, 0.29) is 11.8 Å². The van der Waals surface area contributed by atoms with Crippen molar-refractivity contribution in [3.63, 3.8) is 0 Å². The molecule has 6 heteroatoms. The maximum atomic E-state index is 12.7. The predicted molar refractivity (Wildman–Crippen MR) is 93.0 cm³/mol. The normalized spacial score (nSPS) is 19.6. The van der Waals surface area contributed by atoms with Crippen molar-refractivity contribution in [2.75, 3.05) is 19.7 Å². The predicted octanol–water partition coefficient (Wildman–Crippen LogP) is 1.64. The third-order valence-electron chi connectivity index (χ3n) is 4.57. The van der Waals surface area contributed by atoms with Gasteiger partial charge in [-0.05, 0) is 30.7 Å². The van der Waals surface area contributed by atoms with Crippen molar-refractivity contribution in [2.24, 2.45) is 17.6 Å². The lowest BCUT2D eigenvalue weighted by Crippen LogP contribution is -2.33. The fourth-order valence-electron chi connectivity index (χ4n) is 3.11. The van der Waals surface area contributed by atoms with Gasteiger partial charge in [-0.15, -0.1) is 0 Å². The first-order chi connectivity index (χ1) is 12.1. The van der Waals surface area contributed by atoms with E-state index in [1.807, 2.05) is 37.3 Å². The van der Waals surface area contributed by atoms with Crippen LogP contribution in [0.1, 0.15) is 15.9 Å². The zero-order valence-electron chi connectivity index (χ0n) is 14.1. The minimum atomic E-state index is -0.412. The molecule has 1 aliphatic rings. The van der Waals surface area contributed by atoms with Crippen LogP contribution in [0.2, 0.25) is 0 Å². The lowest BCUT2D eigenvalue weighted by atomic mass is 9.96. The maximum absolute atomic E-state index is 12.7. The summed E-state index contributed by atoms with van der Waals surface area (Å²) in [6.45, 7) is 2.96. The van der Waals surface area contributed by atoms with Crippen LogP contribution >= 0.6 is 0 Å². The summed E-state index contributed by atoms with van der Waals surface area (Å²) in [4.78, 5) is 30.2. The molecule has 2 aromatic rings. The highest BCUT2D eigenvalue weighted by molar-refractivity contribution is 5.96. The Hall–Kier alpha value is -2.89. The van der Waals surface area contributed by atoms with E-state index in [1.165, 1.54) is 0 Å². The monoisotopic (exact) mass is 339 g/mol. The van der Waals surface area contributed by atoms with Gasteiger partial charge >= 0.3 is 0 Å². The standard InChI is InChI=1S/C19H21N3O3/c1-13-7-8-21-9-16(13)19(24)22-10-14(17(11-22)18(20)23)12-25-15-5-3-2-4-6-15/h2-9,14,17H,10-12H2,1H3,(H2,20,23)/t14-,17+/m0/s1. The van der Waals surface area contributed by atoms with E-state index in [9.17, 15) is 9.59 Å². The number of hydrogen-bond donors (Lipinski definition) is 1. The number of rotatable bonds is 5. The lowest BCUT2D eigenvalue weighted by Gasteiger charge is -2.17. The number of hydrogen-bond acceptors (Lipinski definition) is 4. The van der Waals surface area contributed by atoms with Crippen molar-refractivity contribution >= 4 is 11.8 Å². The number of benzene rings is 1. The van der Waals surface area contributed by atoms with Crippen LogP contribution in [-0.4, -0.2) is 41.4 Å². The van der Waals surface area contributed by atoms with Crippen molar-refractivity contribution in [3.8, 4) is 5.75 Å². The van der Waals surface area contributed by atoms with Crippen LogP contribution in [0.5, 0.6) is 5.75 Å². The number of nitrogens with two attached hydrogens (primary N) is 1. The SMILES string of the molecule is Cc1ccncc1C(=O)N1C[C@@H](COc2ccccc2)[C@H](C(N)=O)C1. The number of nitrogens with zero attached hydrogens (tertiary/aromatic N) is 2. The molecule has 6 nitrogen and oxygen atoms in total. The third kappa shape index (κ3) is 3.79. The summed E-state index contributed by atoms with van der Waals surface area (Å²) < 4.78 is 5.77. The van der Waals surface area contributed by atoms with Crippen molar-refractivity contribution in [2.45, 2.75) is 6.92 Å². The molecular weight excluding hydrogens is 318 g/mol. The minimum Gasteiger partial charge on any atom is -0.493 e. The fraction of sp³-hybridized carbons (Fsp3) is 0.316. The molecule has 130 valence electrons. The molecule has 0 spiro atoms. The highest BCUT2D eigenvalue weighted by Gasteiger charge is 2.39. The van der Waals surface area contributed by atoms with Crippen molar-refractivity contribution in [1.29, 1.82) is 0 Å². The first kappa shape index (κ1) is 17.0. The lowest BCUT2D eigenvalue weighted by molar-refractivity contribution is -0.122. The van der Waals surface area contributed by atoms with E-state index in [2.05, 4.69) is 4.98 Å². The summed E-state index contributed by atoms with van der Waals surface area (Å²) >= 11 is 0. The van der Waals surface area contributed by atoms with E-state index in [0.717, 1.165) is 11.3 Å². The average Bonchev–Trinajstić information content (AvgIpc) is 3.05. The van der Waals surface area contributed by atoms with Crippen molar-refractivity contribution in [3.05, 3.63) is 59.9 Å². The molecule has 0 bridgehead atoms. The van der Waals surface area contributed by atoms with Gasteiger partial charge in [0, 0.05) is 31.4 Å². The Kier molecular flexibility index (Phi) is 4.97. The molecule has 1 aliphatic heterocycles. The minimum absolute atomic E-state index is 0.126. The summed E-state index contributed by atoms with van der Waals surface area (Å²) in [5, 5.41) is 0. The number of likely N-dealkylation sites (tertiary alicyclic amines) is 1. The number of ether oxygens (including phenoxy) is 1. The zero-order chi connectivity index (χ0) is 17.8. The molecule has 2 amide bonds. The highest BCUT2D eigenvalue weighted by atomic mass is 16.5. The molecule has 0 radical (unpaired) electrons. The Balaban J connectivity index is 1.71. The first-order valence-electron chi connectivity index (χ1n) is 8.23. The Morgan fingerprint density at radius 3 is 2.68 bits per heavy atom. The van der Waals surface area contributed by atoms with E-state index < -0.39 is 11.8 Å². The Morgan fingerprint density at radius 1 is 1.24 bits per heavy atom. The van der Waals surface area contributed by atoms with Gasteiger partial charge in [-0.3, -0.25) is 14.6 Å². The van der Waals surface area contributed by atoms with E-state index in [0.29, 0.717) is 25.3 Å². The number of carbonyl (C=O) groups excluding carboxylic acids is 2. The smallest absolute Gasteiger partial charge is 0.255 e. The van der Waals surface area contributed by atoms with Gasteiger partial charge in [0.2, 0.25) is 5.91 Å². The number of para-hydroxylation sites is 1. The highest BCUT2D eigenvalue weighted by Crippen LogP contribution is 2.26. The van der Waals surface area contributed by atoms with Gasteiger partial charge in [-0.2, -0.15) is 0 Å². The summed E-state index contributed by atoms with van der Waals surface area (Å²) in [7, 11) is 0. The Labute approximate surface area is 146 Å². The molecule has 0 saturated carbocycles. The van der Waals surface area contributed by atoms with E-state index in [1.54, 1.807) is 23.4 Å². The fourth-order valence-corrected chi connectivity index (χ4v) is 3.11. The number of aryl methyl sites for hydroxylation is 1. The molecule has 1 aromatic carbocycles. The van der Waals surface area contributed by atoms with Crippen LogP contribution in [0.15, 0.2) is 48.8 Å². The van der Waals surface area contributed by atoms with E-state index in [4.69, 9.17) is 10.5 Å². The molecule has 2 N–H and O–H groups in total. The number of carbonyl (C=O) groups is 2. The first-order valence-corrected chi connectivity index (χ1v) is 8.23. The van der Waals surface area contributed by atoms with Crippen molar-refractivity contribution < 1.29 is 14.3 Å². The molecular formula is C19H21N3O3. The second kappa shape index (κ2) is 7.34. The molecule has 2 heterocycles. The molecule has 1 fully saturated rings. The molecule has 0 aliphatic carbocycles. The summed E-state index contributed by atoms with van der Waals surface area (Å²) in [5.41, 5.74) is 6.96. The largest absolute Gasteiger partial charge is 0.493 e. The number of amides is 2. The van der Waals surface area contributed by atoms with Crippen LogP contribution in [0.3, 0.4) is 0 Å². The second-order valence-electron chi connectivity index (χ2n) is 6.29. The van der Waals surface area contributed by atoms with E-state index >= 15 is 0 Å². The number of aromatic nitrogens is 1. The topological polar surface area (TPSA) is 85.5 Å². The quantitative estimate of drug-likeness (QED) is 0.897. The van der Waals surface area contributed by atoms with Crippen LogP contribution < -0.4 is 10.5 Å². The number of pyridine rings is 1. The van der Waals surface area contributed by atoms with Gasteiger partial charge in [0.25, 0.3) is 5.91 Å². The van der Waals surface area contributed by atoms with Crippen LogP contribution in [0.4, 0.5) is 0 Å². The average molecular weight is 339 g/mol. The van der Waals surface area contributed by atoms with Gasteiger partial charge < -0.3 is 15.4 Å². The van der Waals surface area contributed by atoms with Gasteiger partial charge in [-0.1, -0.05) is 18.2 Å². The molecule has 0 unspecified atom stereocenters. The van der Waals surface area contributed by atoms with Gasteiger partial charge in [0.15, 0.2) is 0 Å². The van der Waals surface area contributed by atoms with Gasteiger partial charge in [0.1, 0.15) is 5.75 Å². The number of primary amides is 1. The van der Waals surface area contributed by atoms with Gasteiger partial charge in [-0.25, -0.2) is 0 Å². The molecule has 1 aromatic heterocycles. The zero-order valence-corrected chi connectivity index (χ0v) is 14.1. The summed E-state index contributed by atoms with van der Waals surface area (Å²) in [5.74, 6) is -0.333. The second-order valence-corrected chi connectivity index (χ2v) is 6.29. The summed E-state index contributed by atoms with van der Waals surface area (Å²) in [6.07, 6.45) is 3.21. The van der Waals surface area contributed by atoms with Crippen LogP contribution in [0, 0.1) is 18.8 Å². The van der Waals surface area contributed by atoms with Crippen LogP contribution in [-0.2, 0) is 4.79 Å².